The number of ether oxygens (including phenoxy) is 1. The molecule has 1 saturated heterocycles. The van der Waals surface area contributed by atoms with Crippen LogP contribution < -0.4 is 4.74 Å². The van der Waals surface area contributed by atoms with Crippen LogP contribution in [0.25, 0.3) is 0 Å². The summed E-state index contributed by atoms with van der Waals surface area (Å²) in [7, 11) is -3.10. The topological polar surface area (TPSA) is 72.4 Å². The highest BCUT2D eigenvalue weighted by atomic mass is 32.2. The molecule has 20 heavy (non-hydrogen) atoms. The van der Waals surface area contributed by atoms with E-state index in [4.69, 9.17) is 4.74 Å². The molecular weight excluding hydrogens is 278 g/mol. The van der Waals surface area contributed by atoms with Crippen LogP contribution in [-0.2, 0) is 10.0 Å². The highest BCUT2D eigenvalue weighted by molar-refractivity contribution is 7.90. The summed E-state index contributed by atoms with van der Waals surface area (Å²) in [6.45, 7) is 2.85. The van der Waals surface area contributed by atoms with Crippen molar-refractivity contribution in [3.05, 3.63) is 18.1 Å². The van der Waals surface area contributed by atoms with Crippen LogP contribution in [0.3, 0.4) is 0 Å². The summed E-state index contributed by atoms with van der Waals surface area (Å²) in [5, 5.41) is -0.150. The maximum Gasteiger partial charge on any atom is 0.217 e. The molecular formula is C13H19N3O3S. The fourth-order valence-electron chi connectivity index (χ4n) is 2.48. The van der Waals surface area contributed by atoms with Gasteiger partial charge in [0, 0.05) is 18.8 Å². The van der Waals surface area contributed by atoms with Crippen molar-refractivity contribution in [1.82, 2.24) is 14.3 Å². The zero-order valence-corrected chi connectivity index (χ0v) is 12.3. The lowest BCUT2D eigenvalue weighted by molar-refractivity contribution is 0.124. The summed E-state index contributed by atoms with van der Waals surface area (Å²) in [5.41, 5.74) is 0. The molecule has 1 saturated carbocycles. The van der Waals surface area contributed by atoms with E-state index in [1.807, 2.05) is 0 Å². The summed E-state index contributed by atoms with van der Waals surface area (Å²) in [6.07, 6.45) is 4.83. The maximum absolute atomic E-state index is 12.2. The van der Waals surface area contributed by atoms with E-state index in [1.54, 1.807) is 23.5 Å². The van der Waals surface area contributed by atoms with Crippen LogP contribution in [0.4, 0.5) is 0 Å². The van der Waals surface area contributed by atoms with Crippen LogP contribution >= 0.6 is 0 Å². The van der Waals surface area contributed by atoms with Gasteiger partial charge in [-0.15, -0.1) is 0 Å². The number of hydrogen-bond donors (Lipinski definition) is 0. The number of rotatable bonds is 4. The third kappa shape index (κ3) is 2.93. The first-order valence-electron chi connectivity index (χ1n) is 7.01. The lowest BCUT2D eigenvalue weighted by Crippen LogP contribution is -2.45. The van der Waals surface area contributed by atoms with Gasteiger partial charge < -0.3 is 4.74 Å². The molecule has 110 valence electrons. The van der Waals surface area contributed by atoms with E-state index in [0.717, 1.165) is 25.7 Å². The summed E-state index contributed by atoms with van der Waals surface area (Å²) in [4.78, 5) is 8.22. The predicted octanol–water partition coefficient (Wildman–Crippen LogP) is 1.12. The van der Waals surface area contributed by atoms with E-state index < -0.39 is 10.0 Å². The van der Waals surface area contributed by atoms with Crippen LogP contribution in [0.15, 0.2) is 12.3 Å². The predicted molar refractivity (Wildman–Crippen MR) is 73.9 cm³/mol. The second-order valence-electron chi connectivity index (χ2n) is 5.43. The molecule has 1 aromatic heterocycles. The number of sulfonamides is 1. The van der Waals surface area contributed by atoms with Gasteiger partial charge in [0.15, 0.2) is 0 Å². The van der Waals surface area contributed by atoms with E-state index in [2.05, 4.69) is 9.97 Å². The third-order valence-corrected chi connectivity index (χ3v) is 6.05. The van der Waals surface area contributed by atoms with Crippen molar-refractivity contribution in [2.45, 2.75) is 44.0 Å². The van der Waals surface area contributed by atoms with Gasteiger partial charge in [0.05, 0.1) is 11.8 Å². The van der Waals surface area contributed by atoms with Crippen molar-refractivity contribution in [2.75, 3.05) is 13.1 Å². The van der Waals surface area contributed by atoms with Crippen LogP contribution in [-0.4, -0.2) is 47.1 Å². The van der Waals surface area contributed by atoms with Crippen molar-refractivity contribution in [1.29, 1.82) is 0 Å². The summed E-state index contributed by atoms with van der Waals surface area (Å²) >= 11 is 0. The fourth-order valence-corrected chi connectivity index (χ4v) is 4.39. The Morgan fingerprint density at radius 1 is 1.35 bits per heavy atom. The van der Waals surface area contributed by atoms with Crippen LogP contribution in [0.5, 0.6) is 5.88 Å². The van der Waals surface area contributed by atoms with Gasteiger partial charge in [-0.1, -0.05) is 0 Å². The summed E-state index contributed by atoms with van der Waals surface area (Å²) in [6, 6.07) is 1.71. The van der Waals surface area contributed by atoms with Gasteiger partial charge in [-0.05, 0) is 32.6 Å². The Balaban J connectivity index is 1.66. The van der Waals surface area contributed by atoms with Gasteiger partial charge in [0.25, 0.3) is 0 Å². The minimum Gasteiger partial charge on any atom is -0.473 e. The molecule has 0 radical (unpaired) electrons. The molecule has 1 aliphatic carbocycles. The van der Waals surface area contributed by atoms with E-state index in [1.165, 1.54) is 0 Å². The van der Waals surface area contributed by atoms with Gasteiger partial charge in [-0.25, -0.2) is 13.4 Å². The Morgan fingerprint density at radius 2 is 2.15 bits per heavy atom. The monoisotopic (exact) mass is 297 g/mol. The molecule has 6 nitrogen and oxygen atoms in total. The summed E-state index contributed by atoms with van der Waals surface area (Å²) in [5.74, 6) is 1.17. The molecule has 2 aliphatic rings. The average Bonchev–Trinajstić information content (AvgIpc) is 3.23. The molecule has 2 fully saturated rings. The molecule has 0 unspecified atom stereocenters. The van der Waals surface area contributed by atoms with Gasteiger partial charge in [0.1, 0.15) is 11.9 Å². The Labute approximate surface area is 119 Å². The van der Waals surface area contributed by atoms with Crippen LogP contribution in [0.1, 0.15) is 31.5 Å². The normalized spacial score (nSPS) is 24.6. The second-order valence-corrected chi connectivity index (χ2v) is 7.64. The number of aromatic nitrogens is 2. The molecule has 3 rings (SSSR count). The first-order chi connectivity index (χ1) is 9.55. The molecule has 1 aliphatic heterocycles. The lowest BCUT2D eigenvalue weighted by atomic mass is 10.1. The van der Waals surface area contributed by atoms with Gasteiger partial charge in [0.2, 0.25) is 15.9 Å². The third-order valence-electron chi connectivity index (χ3n) is 3.68. The van der Waals surface area contributed by atoms with Crippen molar-refractivity contribution in [3.8, 4) is 5.88 Å². The van der Waals surface area contributed by atoms with E-state index in [-0.39, 0.29) is 11.4 Å². The minimum absolute atomic E-state index is 0.119. The molecule has 1 aromatic rings. The van der Waals surface area contributed by atoms with Crippen LogP contribution in [0, 0.1) is 6.92 Å². The van der Waals surface area contributed by atoms with Crippen molar-refractivity contribution in [2.24, 2.45) is 0 Å². The molecule has 0 N–H and O–H groups in total. The highest BCUT2D eigenvalue weighted by Gasteiger charge is 2.41. The Kier molecular flexibility index (Phi) is 3.64. The molecule has 2 heterocycles. The number of piperidine rings is 1. The zero-order valence-electron chi connectivity index (χ0n) is 11.5. The van der Waals surface area contributed by atoms with E-state index >= 15 is 0 Å². The summed E-state index contributed by atoms with van der Waals surface area (Å²) < 4.78 is 31.9. The number of hydrogen-bond acceptors (Lipinski definition) is 5. The Bertz CT molecular complexity index is 586. The molecule has 0 aromatic carbocycles. The lowest BCUT2D eigenvalue weighted by Gasteiger charge is -2.31. The van der Waals surface area contributed by atoms with Crippen molar-refractivity contribution in [3.63, 3.8) is 0 Å². The second kappa shape index (κ2) is 5.29. The first kappa shape index (κ1) is 13.8. The van der Waals surface area contributed by atoms with Gasteiger partial charge in [-0.2, -0.15) is 9.29 Å². The highest BCUT2D eigenvalue weighted by Crippen LogP contribution is 2.32. The molecule has 7 heteroatoms. The Hall–Kier alpha value is -1.21. The standard InChI is InChI=1S/C13H19N3O3S/c1-10-14-7-6-13(15-10)19-11-3-2-8-16(9-11)20(17,18)12-4-5-12/h6-7,11-12H,2-5,8-9H2,1H3/t11-/m1/s1. The first-order valence-corrected chi connectivity index (χ1v) is 8.51. The van der Waals surface area contributed by atoms with Crippen molar-refractivity contribution < 1.29 is 13.2 Å². The van der Waals surface area contributed by atoms with Crippen LogP contribution in [0.2, 0.25) is 0 Å². The SMILES string of the molecule is Cc1nccc(O[C@@H]2CCCN(S(=O)(=O)C3CC3)C2)n1. The Morgan fingerprint density at radius 3 is 2.85 bits per heavy atom. The fraction of sp³-hybridized carbons (Fsp3) is 0.692. The maximum atomic E-state index is 12.2. The van der Waals surface area contributed by atoms with Gasteiger partial charge in [-0.3, -0.25) is 0 Å². The van der Waals surface area contributed by atoms with Crippen molar-refractivity contribution >= 4 is 10.0 Å². The van der Waals surface area contributed by atoms with Gasteiger partial charge >= 0.3 is 0 Å². The van der Waals surface area contributed by atoms with E-state index in [0.29, 0.717) is 24.8 Å². The van der Waals surface area contributed by atoms with E-state index in [9.17, 15) is 8.42 Å². The quantitative estimate of drug-likeness (QED) is 0.832. The smallest absolute Gasteiger partial charge is 0.217 e. The molecule has 1 atom stereocenters. The largest absolute Gasteiger partial charge is 0.473 e. The zero-order chi connectivity index (χ0) is 14.2. The number of aryl methyl sites for hydroxylation is 1. The minimum atomic E-state index is -3.10. The molecule has 0 amide bonds. The average molecular weight is 297 g/mol. The molecule has 0 spiro atoms. The number of nitrogens with zero attached hydrogens (tertiary/aromatic N) is 3. The molecule has 0 bridgehead atoms.